The molecule has 6 heteroatoms. The van der Waals surface area contributed by atoms with E-state index in [0.29, 0.717) is 11.1 Å². The summed E-state index contributed by atoms with van der Waals surface area (Å²) in [6.07, 6.45) is 0. The Morgan fingerprint density at radius 2 is 0.850 bits per heavy atom. The van der Waals surface area contributed by atoms with E-state index in [0.717, 1.165) is 0 Å². The van der Waals surface area contributed by atoms with E-state index in [1.165, 1.54) is 0 Å². The quantitative estimate of drug-likeness (QED) is 0.666. The summed E-state index contributed by atoms with van der Waals surface area (Å²) in [5.41, 5.74) is 1.74. The first-order chi connectivity index (χ1) is 9.47. The van der Waals surface area contributed by atoms with E-state index in [9.17, 15) is 0 Å². The number of nitriles is 2. The van der Waals surface area contributed by atoms with E-state index in [2.05, 4.69) is 0 Å². The summed E-state index contributed by atoms with van der Waals surface area (Å²) in [5, 5.41) is 18.8. The van der Waals surface area contributed by atoms with Crippen LogP contribution in [0, 0.1) is 22.7 Å². The van der Waals surface area contributed by atoms with Crippen LogP contribution in [0.4, 0.5) is 0 Å². The van der Waals surface area contributed by atoms with Gasteiger partial charge in [0.25, 0.3) is 0 Å². The molecule has 0 radical (unpaired) electrons. The van der Waals surface area contributed by atoms with Gasteiger partial charge in [-0.25, -0.2) is 0 Å². The van der Waals surface area contributed by atoms with Crippen LogP contribution >= 0.6 is 46.4 Å². The van der Waals surface area contributed by atoms with E-state index in [4.69, 9.17) is 56.9 Å². The van der Waals surface area contributed by atoms with Gasteiger partial charge in [0, 0.05) is 0 Å². The highest BCUT2D eigenvalue weighted by Crippen LogP contribution is 2.35. The van der Waals surface area contributed by atoms with Crippen molar-refractivity contribution in [3.8, 4) is 23.3 Å². The van der Waals surface area contributed by atoms with Gasteiger partial charge in [0.2, 0.25) is 0 Å². The monoisotopic (exact) mass is 340 g/mol. The summed E-state index contributed by atoms with van der Waals surface area (Å²) in [7, 11) is 0. The molecule has 0 aliphatic rings. The average Bonchev–Trinajstić information content (AvgIpc) is 2.37. The molecule has 0 heterocycles. The van der Waals surface area contributed by atoms with Crippen LogP contribution < -0.4 is 0 Å². The summed E-state index contributed by atoms with van der Waals surface area (Å²) in [6, 6.07) is 10.2. The first-order valence-corrected chi connectivity index (χ1v) is 6.77. The second kappa shape index (κ2) is 5.92. The fourth-order valence-corrected chi connectivity index (χ4v) is 2.84. The van der Waals surface area contributed by atoms with Crippen molar-refractivity contribution in [2.75, 3.05) is 0 Å². The highest BCUT2D eigenvalue weighted by molar-refractivity contribution is 6.38. The van der Waals surface area contributed by atoms with Crippen molar-refractivity contribution in [3.63, 3.8) is 0 Å². The largest absolute Gasteiger partial charge is 0.192 e. The van der Waals surface area contributed by atoms with Crippen molar-refractivity contribution >= 4 is 46.4 Å². The average molecular weight is 342 g/mol. The normalized spacial score (nSPS) is 9.90. The van der Waals surface area contributed by atoms with Gasteiger partial charge in [-0.2, -0.15) is 10.5 Å². The molecule has 0 aliphatic carbocycles. The maximum absolute atomic E-state index is 8.92. The van der Waals surface area contributed by atoms with Gasteiger partial charge < -0.3 is 0 Å². The first-order valence-electron chi connectivity index (χ1n) is 5.26. The Morgan fingerprint density at radius 3 is 1.05 bits per heavy atom. The lowest BCUT2D eigenvalue weighted by atomic mass is 10.0. The van der Waals surface area contributed by atoms with Crippen molar-refractivity contribution in [2.24, 2.45) is 0 Å². The smallest absolute Gasteiger partial charge is 0.102 e. The van der Waals surface area contributed by atoms with Gasteiger partial charge in [-0.05, 0) is 35.4 Å². The molecule has 0 saturated heterocycles. The Balaban J connectivity index is 2.65. The highest BCUT2D eigenvalue weighted by Gasteiger charge is 2.12. The van der Waals surface area contributed by atoms with Gasteiger partial charge in [-0.1, -0.05) is 46.4 Å². The summed E-state index contributed by atoms with van der Waals surface area (Å²) < 4.78 is 0. The van der Waals surface area contributed by atoms with E-state index in [1.807, 2.05) is 12.1 Å². The van der Waals surface area contributed by atoms with Gasteiger partial charge in [0.15, 0.2) is 0 Å². The van der Waals surface area contributed by atoms with Crippen LogP contribution in [-0.4, -0.2) is 0 Å². The molecule has 0 fully saturated rings. The summed E-state index contributed by atoms with van der Waals surface area (Å²) >= 11 is 24.0. The molecule has 0 spiro atoms. The molecule has 0 unspecified atom stereocenters. The minimum atomic E-state index is 0.211. The van der Waals surface area contributed by atoms with E-state index < -0.39 is 0 Å². The highest BCUT2D eigenvalue weighted by atomic mass is 35.5. The molecule has 0 aromatic heterocycles. The van der Waals surface area contributed by atoms with Gasteiger partial charge >= 0.3 is 0 Å². The fourth-order valence-electron chi connectivity index (χ4n) is 1.69. The fraction of sp³-hybridized carbons (Fsp3) is 0. The number of benzene rings is 2. The molecule has 0 bridgehead atoms. The zero-order valence-corrected chi connectivity index (χ0v) is 12.7. The van der Waals surface area contributed by atoms with E-state index in [-0.39, 0.29) is 31.2 Å². The molecule has 2 rings (SSSR count). The molecule has 0 saturated carbocycles. The van der Waals surface area contributed by atoms with Crippen molar-refractivity contribution in [2.45, 2.75) is 0 Å². The topological polar surface area (TPSA) is 47.6 Å². The lowest BCUT2D eigenvalue weighted by Gasteiger charge is -2.08. The van der Waals surface area contributed by atoms with Crippen LogP contribution in [-0.2, 0) is 0 Å². The third kappa shape index (κ3) is 2.70. The number of halogens is 4. The standard InChI is InChI=1S/C14H4Cl4N2/c15-11-1-7(2-12(16)9(11)5-19)8-3-13(17)10(6-20)14(18)4-8/h1-4H. The van der Waals surface area contributed by atoms with Crippen molar-refractivity contribution < 1.29 is 0 Å². The van der Waals surface area contributed by atoms with Gasteiger partial charge in [0.1, 0.15) is 12.1 Å². The lowest BCUT2D eigenvalue weighted by molar-refractivity contribution is 1.47. The predicted octanol–water partition coefficient (Wildman–Crippen LogP) is 5.71. The molecule has 0 N–H and O–H groups in total. The second-order valence-electron chi connectivity index (χ2n) is 3.85. The van der Waals surface area contributed by atoms with Gasteiger partial charge in [-0.15, -0.1) is 0 Å². The molecule has 2 aromatic rings. The van der Waals surface area contributed by atoms with Crippen LogP contribution in [0.25, 0.3) is 11.1 Å². The number of hydrogen-bond donors (Lipinski definition) is 0. The third-order valence-electron chi connectivity index (χ3n) is 2.64. The number of hydrogen-bond acceptors (Lipinski definition) is 2. The third-order valence-corrected chi connectivity index (χ3v) is 3.83. The van der Waals surface area contributed by atoms with Crippen LogP contribution in [0.1, 0.15) is 11.1 Å². The molecule has 98 valence electrons. The molecule has 0 aliphatic heterocycles. The minimum absolute atomic E-state index is 0.211. The molecule has 20 heavy (non-hydrogen) atoms. The maximum Gasteiger partial charge on any atom is 0.102 e. The van der Waals surface area contributed by atoms with E-state index >= 15 is 0 Å². The Labute approximate surface area is 135 Å². The van der Waals surface area contributed by atoms with Crippen molar-refractivity contribution in [1.82, 2.24) is 0 Å². The zero-order valence-electron chi connectivity index (χ0n) is 9.72. The maximum atomic E-state index is 8.92. The minimum Gasteiger partial charge on any atom is -0.192 e. The van der Waals surface area contributed by atoms with Crippen LogP contribution in [0.2, 0.25) is 20.1 Å². The SMILES string of the molecule is N#Cc1c(Cl)cc(-c2cc(Cl)c(C#N)c(Cl)c2)cc1Cl. The Morgan fingerprint density at radius 1 is 0.600 bits per heavy atom. The van der Waals surface area contributed by atoms with E-state index in [1.54, 1.807) is 24.3 Å². The van der Waals surface area contributed by atoms with Crippen LogP contribution in [0.3, 0.4) is 0 Å². The number of nitrogens with zero attached hydrogens (tertiary/aromatic N) is 2. The summed E-state index contributed by atoms with van der Waals surface area (Å²) in [6.45, 7) is 0. The van der Waals surface area contributed by atoms with Crippen LogP contribution in [0.5, 0.6) is 0 Å². The molecule has 0 atom stereocenters. The second-order valence-corrected chi connectivity index (χ2v) is 5.48. The van der Waals surface area contributed by atoms with Gasteiger partial charge in [0.05, 0.1) is 31.2 Å². The lowest BCUT2D eigenvalue weighted by Crippen LogP contribution is -1.87. The Bertz CT molecular complexity index is 671. The zero-order chi connectivity index (χ0) is 14.9. The van der Waals surface area contributed by atoms with Crippen molar-refractivity contribution in [3.05, 3.63) is 55.5 Å². The number of rotatable bonds is 1. The molecular weight excluding hydrogens is 338 g/mol. The summed E-state index contributed by atoms with van der Waals surface area (Å²) in [5.74, 6) is 0. The molecule has 2 nitrogen and oxygen atoms in total. The van der Waals surface area contributed by atoms with Gasteiger partial charge in [-0.3, -0.25) is 0 Å². The van der Waals surface area contributed by atoms with Crippen LogP contribution in [0.15, 0.2) is 24.3 Å². The van der Waals surface area contributed by atoms with Crippen molar-refractivity contribution in [1.29, 1.82) is 10.5 Å². The first kappa shape index (κ1) is 15.0. The molecule has 2 aromatic carbocycles. The Hall–Kier alpha value is -1.42. The Kier molecular flexibility index (Phi) is 4.43. The summed E-state index contributed by atoms with van der Waals surface area (Å²) in [4.78, 5) is 0. The molecule has 0 amide bonds. The predicted molar refractivity (Wildman–Crippen MR) is 81.3 cm³/mol. The molecular formula is C14H4Cl4N2.